The van der Waals surface area contributed by atoms with Crippen molar-refractivity contribution in [2.75, 3.05) is 6.67 Å². The zero-order valence-electron chi connectivity index (χ0n) is 19.2. The molecule has 0 radical (unpaired) electrons. The van der Waals surface area contributed by atoms with Crippen molar-refractivity contribution in [2.45, 2.75) is 86.5 Å². The Balaban J connectivity index is 0.000000860. The summed E-state index contributed by atoms with van der Waals surface area (Å²) in [5.41, 5.74) is 7.20. The molecule has 0 atom stereocenters. The quantitative estimate of drug-likeness (QED) is 0.493. The van der Waals surface area contributed by atoms with Gasteiger partial charge in [-0.3, -0.25) is 9.37 Å². The summed E-state index contributed by atoms with van der Waals surface area (Å²) < 4.78 is 10.3. The van der Waals surface area contributed by atoms with Crippen molar-refractivity contribution < 1.29 is 4.39 Å². The molecule has 2 heteroatoms. The summed E-state index contributed by atoms with van der Waals surface area (Å²) in [7, 11) is 0. The third-order valence-electron chi connectivity index (χ3n) is 4.65. The molecule has 1 aliphatic rings. The maximum atomic E-state index is 10.3. The van der Waals surface area contributed by atoms with Crippen molar-refractivity contribution in [3.63, 3.8) is 0 Å². The van der Waals surface area contributed by atoms with E-state index in [2.05, 4.69) is 63.9 Å². The fraction of sp³-hybridized carbons (Fsp3) is 0.560. The van der Waals surface area contributed by atoms with Crippen LogP contribution in [-0.2, 0) is 10.8 Å². The molecule has 27 heavy (non-hydrogen) atoms. The molecule has 3 rings (SSSR count). The van der Waals surface area contributed by atoms with Crippen LogP contribution in [0.3, 0.4) is 0 Å². The monoisotopic (exact) mass is 373 g/mol. The smallest absolute Gasteiger partial charge is 0.0866 e. The van der Waals surface area contributed by atoms with Gasteiger partial charge in [-0.25, -0.2) is 0 Å². The predicted octanol–water partition coefficient (Wildman–Crippen LogP) is 8.04. The van der Waals surface area contributed by atoms with Gasteiger partial charge < -0.3 is 0 Å². The van der Waals surface area contributed by atoms with E-state index in [9.17, 15) is 4.39 Å². The lowest BCUT2D eigenvalue weighted by atomic mass is 9.82. The molecule has 0 saturated carbocycles. The average molecular weight is 374 g/mol. The van der Waals surface area contributed by atoms with E-state index in [0.29, 0.717) is 0 Å². The number of pyridine rings is 1. The van der Waals surface area contributed by atoms with Crippen molar-refractivity contribution in [1.82, 2.24) is 4.98 Å². The molecule has 0 unspecified atom stereocenters. The first-order chi connectivity index (χ1) is 12.7. The van der Waals surface area contributed by atoms with E-state index in [1.54, 1.807) is 0 Å². The lowest BCUT2D eigenvalue weighted by Crippen LogP contribution is -2.17. The van der Waals surface area contributed by atoms with Crippen LogP contribution in [0.4, 0.5) is 4.39 Å². The SMILES string of the molecule is CC.CC.CCF.Cc1cc2c(cc1-c1ccccn1)C(C)(C)CC2(C)C. The summed E-state index contributed by atoms with van der Waals surface area (Å²) >= 11 is 0. The highest BCUT2D eigenvalue weighted by atomic mass is 19.1. The molecular formula is C25H40FN. The highest BCUT2D eigenvalue weighted by Gasteiger charge is 2.42. The standard InChI is InChI=1S/C19H23N.C2H5F.2C2H6/c1-13-10-15-16(19(4,5)12-18(15,2)3)11-14(13)17-8-6-7-9-20-17;1-2-3;2*1-2/h6-11H,12H2,1-5H3;2H2,1H3;2*1-2H3. The van der Waals surface area contributed by atoms with Crippen LogP contribution in [-0.4, -0.2) is 11.7 Å². The molecule has 1 nitrogen and oxygen atoms in total. The van der Waals surface area contributed by atoms with E-state index in [1.807, 2.05) is 40.0 Å². The van der Waals surface area contributed by atoms with E-state index >= 15 is 0 Å². The topological polar surface area (TPSA) is 12.9 Å². The highest BCUT2D eigenvalue weighted by molar-refractivity contribution is 5.67. The number of hydrogen-bond acceptors (Lipinski definition) is 1. The lowest BCUT2D eigenvalue weighted by molar-refractivity contribution is 0.403. The van der Waals surface area contributed by atoms with Crippen LogP contribution in [0.15, 0.2) is 36.5 Å². The first-order valence-electron chi connectivity index (χ1n) is 10.4. The molecule has 1 aromatic heterocycles. The highest BCUT2D eigenvalue weighted by Crippen LogP contribution is 2.50. The Morgan fingerprint density at radius 3 is 1.85 bits per heavy atom. The van der Waals surface area contributed by atoms with E-state index in [-0.39, 0.29) is 17.5 Å². The minimum Gasteiger partial charge on any atom is -0.256 e. The molecule has 2 aromatic rings. The third kappa shape index (κ3) is 6.16. The van der Waals surface area contributed by atoms with Gasteiger partial charge in [-0.1, -0.05) is 67.5 Å². The minimum atomic E-state index is -0.250. The zero-order valence-corrected chi connectivity index (χ0v) is 19.2. The first kappa shape index (κ1) is 25.3. The van der Waals surface area contributed by atoms with Crippen molar-refractivity contribution in [1.29, 1.82) is 0 Å². The van der Waals surface area contributed by atoms with Gasteiger partial charge in [0.25, 0.3) is 0 Å². The fourth-order valence-corrected chi connectivity index (χ4v) is 3.92. The van der Waals surface area contributed by atoms with Gasteiger partial charge in [0.2, 0.25) is 0 Å². The fourth-order valence-electron chi connectivity index (χ4n) is 3.92. The largest absolute Gasteiger partial charge is 0.256 e. The summed E-state index contributed by atoms with van der Waals surface area (Å²) in [6, 6.07) is 10.9. The van der Waals surface area contributed by atoms with Crippen LogP contribution in [0, 0.1) is 6.92 Å². The summed E-state index contributed by atoms with van der Waals surface area (Å²) in [6.45, 7) is 20.9. The summed E-state index contributed by atoms with van der Waals surface area (Å²) in [5.74, 6) is 0. The summed E-state index contributed by atoms with van der Waals surface area (Å²) in [4.78, 5) is 4.52. The van der Waals surface area contributed by atoms with Crippen LogP contribution in [0.25, 0.3) is 11.3 Å². The number of aryl methyl sites for hydroxylation is 1. The van der Waals surface area contributed by atoms with E-state index in [1.165, 1.54) is 35.6 Å². The second-order valence-corrected chi connectivity index (χ2v) is 7.64. The number of hydrogen-bond donors (Lipinski definition) is 0. The maximum absolute atomic E-state index is 10.3. The van der Waals surface area contributed by atoms with Crippen molar-refractivity contribution in [3.8, 4) is 11.3 Å². The Morgan fingerprint density at radius 2 is 1.41 bits per heavy atom. The van der Waals surface area contributed by atoms with Gasteiger partial charge in [0, 0.05) is 11.8 Å². The zero-order chi connectivity index (χ0) is 21.3. The third-order valence-corrected chi connectivity index (χ3v) is 4.65. The molecular weight excluding hydrogens is 333 g/mol. The maximum Gasteiger partial charge on any atom is 0.0866 e. The Morgan fingerprint density at radius 1 is 0.926 bits per heavy atom. The van der Waals surface area contributed by atoms with Gasteiger partial charge in [0.05, 0.1) is 12.4 Å². The van der Waals surface area contributed by atoms with Gasteiger partial charge in [-0.05, 0) is 66.0 Å². The minimum absolute atomic E-state index is 0.246. The van der Waals surface area contributed by atoms with Crippen LogP contribution in [0.2, 0.25) is 0 Å². The molecule has 0 spiro atoms. The van der Waals surface area contributed by atoms with E-state index < -0.39 is 0 Å². The number of benzene rings is 1. The molecule has 0 fully saturated rings. The van der Waals surface area contributed by atoms with Gasteiger partial charge in [-0.2, -0.15) is 0 Å². The second kappa shape index (κ2) is 11.2. The number of halogens is 1. The normalized spacial score (nSPS) is 15.1. The predicted molar refractivity (Wildman–Crippen MR) is 119 cm³/mol. The lowest BCUT2D eigenvalue weighted by Gasteiger charge is -2.22. The van der Waals surface area contributed by atoms with E-state index in [0.717, 1.165) is 5.69 Å². The van der Waals surface area contributed by atoms with Crippen LogP contribution in [0.5, 0.6) is 0 Å². The molecule has 1 heterocycles. The number of nitrogens with zero attached hydrogens (tertiary/aromatic N) is 1. The number of fused-ring (bicyclic) bond motifs is 1. The molecule has 152 valence electrons. The Labute approximate surface area is 167 Å². The summed E-state index contributed by atoms with van der Waals surface area (Å²) in [6.07, 6.45) is 3.08. The molecule has 0 saturated heterocycles. The molecule has 1 aliphatic carbocycles. The van der Waals surface area contributed by atoms with Crippen molar-refractivity contribution >= 4 is 0 Å². The van der Waals surface area contributed by atoms with Crippen molar-refractivity contribution in [3.05, 3.63) is 53.2 Å². The number of alkyl halides is 1. The molecule has 0 aliphatic heterocycles. The Kier molecular flexibility index (Phi) is 10.5. The number of aromatic nitrogens is 1. The van der Waals surface area contributed by atoms with Gasteiger partial charge >= 0.3 is 0 Å². The Hall–Kier alpha value is -1.70. The number of rotatable bonds is 1. The van der Waals surface area contributed by atoms with Gasteiger partial charge in [-0.15, -0.1) is 0 Å². The molecule has 0 bridgehead atoms. The van der Waals surface area contributed by atoms with E-state index in [4.69, 9.17) is 0 Å². The van der Waals surface area contributed by atoms with Gasteiger partial charge in [0.1, 0.15) is 0 Å². The van der Waals surface area contributed by atoms with Crippen LogP contribution < -0.4 is 0 Å². The second-order valence-electron chi connectivity index (χ2n) is 7.64. The van der Waals surface area contributed by atoms with Crippen LogP contribution in [0.1, 0.15) is 85.4 Å². The summed E-state index contributed by atoms with van der Waals surface area (Å²) in [5, 5.41) is 0. The van der Waals surface area contributed by atoms with Crippen LogP contribution >= 0.6 is 0 Å². The van der Waals surface area contributed by atoms with Crippen molar-refractivity contribution in [2.24, 2.45) is 0 Å². The Bertz CT molecular complexity index is 672. The molecule has 0 N–H and O–H groups in total. The average Bonchev–Trinajstić information content (AvgIpc) is 2.83. The molecule has 0 amide bonds. The van der Waals surface area contributed by atoms with Gasteiger partial charge in [0.15, 0.2) is 0 Å². The molecule has 1 aromatic carbocycles. The first-order valence-corrected chi connectivity index (χ1v) is 10.4.